The lowest BCUT2D eigenvalue weighted by Crippen LogP contribution is -2.14. The quantitative estimate of drug-likeness (QED) is 0.387. The number of halogens is 1. The largest absolute Gasteiger partial charge is 0.481 e. The first-order valence-corrected chi connectivity index (χ1v) is 6.33. The second-order valence-electron chi connectivity index (χ2n) is 3.94. The smallest absolute Gasteiger partial charge is 0.330 e. The lowest BCUT2D eigenvalue weighted by Gasteiger charge is -2.07. The third-order valence-electron chi connectivity index (χ3n) is 2.47. The van der Waals surface area contributed by atoms with Gasteiger partial charge in [0.25, 0.3) is 0 Å². The molecule has 0 spiro atoms. The van der Waals surface area contributed by atoms with Gasteiger partial charge in [-0.1, -0.05) is 15.9 Å². The predicted octanol–water partition coefficient (Wildman–Crippen LogP) is 2.29. The molecule has 0 fully saturated rings. The number of aromatic nitrogens is 1. The Labute approximate surface area is 125 Å². The van der Waals surface area contributed by atoms with Gasteiger partial charge in [0, 0.05) is 4.47 Å². The molecule has 0 aliphatic rings. The zero-order chi connectivity index (χ0) is 15.6. The van der Waals surface area contributed by atoms with Crippen molar-refractivity contribution >= 4 is 44.5 Å². The number of hydrogen-bond acceptors (Lipinski definition) is 6. The fourth-order valence-electron chi connectivity index (χ4n) is 1.64. The Hall–Kier alpha value is -2.55. The van der Waals surface area contributed by atoms with Gasteiger partial charge < -0.3 is 9.84 Å². The molecule has 2 aromatic rings. The lowest BCUT2D eigenvalue weighted by atomic mass is 10.2. The topological polar surface area (TPSA) is 120 Å². The molecule has 0 unspecified atom stereocenters. The van der Waals surface area contributed by atoms with E-state index in [1.54, 1.807) is 12.1 Å². The summed E-state index contributed by atoms with van der Waals surface area (Å²) < 4.78 is 5.47. The SMILES string of the molecule is O=C(O)CC(=O)Oc1c([N+](=O)[O-])cnc2ccc(Br)cc12. The summed E-state index contributed by atoms with van der Waals surface area (Å²) in [5, 5.41) is 19.8. The second-order valence-corrected chi connectivity index (χ2v) is 4.85. The maximum atomic E-state index is 11.5. The Morgan fingerprint density at radius 2 is 2.14 bits per heavy atom. The fourth-order valence-corrected chi connectivity index (χ4v) is 2.00. The van der Waals surface area contributed by atoms with E-state index in [4.69, 9.17) is 9.84 Å². The Balaban J connectivity index is 2.58. The van der Waals surface area contributed by atoms with E-state index in [1.165, 1.54) is 6.07 Å². The van der Waals surface area contributed by atoms with Crippen molar-refractivity contribution in [2.24, 2.45) is 0 Å². The molecule has 0 saturated carbocycles. The van der Waals surface area contributed by atoms with Crippen molar-refractivity contribution in [3.8, 4) is 5.75 Å². The summed E-state index contributed by atoms with van der Waals surface area (Å²) in [6, 6.07) is 4.75. The molecule has 0 aliphatic heterocycles. The van der Waals surface area contributed by atoms with Crippen molar-refractivity contribution in [1.29, 1.82) is 0 Å². The first-order chi connectivity index (χ1) is 9.88. The number of carboxylic acid groups (broad SMARTS) is 1. The summed E-state index contributed by atoms with van der Waals surface area (Å²) >= 11 is 3.20. The molecule has 1 heterocycles. The van der Waals surface area contributed by atoms with E-state index in [9.17, 15) is 19.7 Å². The molecule has 108 valence electrons. The van der Waals surface area contributed by atoms with Gasteiger partial charge in [0.15, 0.2) is 0 Å². The van der Waals surface area contributed by atoms with Crippen LogP contribution < -0.4 is 4.74 Å². The fraction of sp³-hybridized carbons (Fsp3) is 0.0833. The number of esters is 1. The maximum Gasteiger partial charge on any atom is 0.330 e. The second kappa shape index (κ2) is 5.83. The maximum absolute atomic E-state index is 11.5. The van der Waals surface area contributed by atoms with Crippen molar-refractivity contribution in [1.82, 2.24) is 4.98 Å². The molecule has 0 bridgehead atoms. The Kier molecular flexibility index (Phi) is 4.13. The monoisotopic (exact) mass is 354 g/mol. The van der Waals surface area contributed by atoms with Crippen LogP contribution in [0.3, 0.4) is 0 Å². The first kappa shape index (κ1) is 14.9. The third kappa shape index (κ3) is 3.31. The number of nitro groups is 1. The number of ether oxygens (including phenoxy) is 1. The van der Waals surface area contributed by atoms with Crippen LogP contribution in [0.2, 0.25) is 0 Å². The van der Waals surface area contributed by atoms with E-state index >= 15 is 0 Å². The van der Waals surface area contributed by atoms with Gasteiger partial charge in [-0.25, -0.2) is 4.98 Å². The first-order valence-electron chi connectivity index (χ1n) is 5.53. The standard InChI is InChI=1S/C12H7BrN2O6/c13-6-1-2-8-7(3-6)12(9(5-14-8)15(19)20)21-11(18)4-10(16)17/h1-3,5H,4H2,(H,16,17). The van der Waals surface area contributed by atoms with Crippen LogP contribution in [0.15, 0.2) is 28.9 Å². The van der Waals surface area contributed by atoms with Crippen molar-refractivity contribution in [3.63, 3.8) is 0 Å². The molecule has 1 aromatic heterocycles. The summed E-state index contributed by atoms with van der Waals surface area (Å²) in [5.74, 6) is -2.81. The molecule has 0 saturated heterocycles. The van der Waals surface area contributed by atoms with Gasteiger partial charge in [-0.2, -0.15) is 0 Å². The molecular weight excluding hydrogens is 348 g/mol. The van der Waals surface area contributed by atoms with Crippen LogP contribution in [-0.4, -0.2) is 27.0 Å². The van der Waals surface area contributed by atoms with Gasteiger partial charge in [0.05, 0.1) is 15.8 Å². The normalized spacial score (nSPS) is 10.3. The number of carboxylic acids is 1. The zero-order valence-electron chi connectivity index (χ0n) is 10.3. The van der Waals surface area contributed by atoms with Crippen LogP contribution in [0.4, 0.5) is 5.69 Å². The number of pyridine rings is 1. The number of fused-ring (bicyclic) bond motifs is 1. The van der Waals surface area contributed by atoms with Crippen LogP contribution in [0, 0.1) is 10.1 Å². The van der Waals surface area contributed by atoms with Gasteiger partial charge in [-0.05, 0) is 18.2 Å². The summed E-state index contributed by atoms with van der Waals surface area (Å²) in [6.07, 6.45) is 0.0641. The number of rotatable bonds is 4. The van der Waals surface area contributed by atoms with Crippen LogP contribution in [0.25, 0.3) is 10.9 Å². The molecular formula is C12H7BrN2O6. The molecule has 2 rings (SSSR count). The summed E-state index contributed by atoms with van der Waals surface area (Å²) in [4.78, 5) is 36.1. The van der Waals surface area contributed by atoms with Gasteiger partial charge in [-0.15, -0.1) is 0 Å². The van der Waals surface area contributed by atoms with E-state index in [0.717, 1.165) is 6.20 Å². The van der Waals surface area contributed by atoms with Crippen LogP contribution in [-0.2, 0) is 9.59 Å². The molecule has 0 aliphatic carbocycles. The Morgan fingerprint density at radius 3 is 2.76 bits per heavy atom. The molecule has 0 amide bonds. The average Bonchev–Trinajstić information content (AvgIpc) is 2.38. The van der Waals surface area contributed by atoms with E-state index < -0.39 is 29.0 Å². The summed E-state index contributed by atoms with van der Waals surface area (Å²) in [6.45, 7) is 0. The van der Waals surface area contributed by atoms with Crippen molar-refractivity contribution in [2.45, 2.75) is 6.42 Å². The van der Waals surface area contributed by atoms with Crippen molar-refractivity contribution in [2.75, 3.05) is 0 Å². The highest BCUT2D eigenvalue weighted by molar-refractivity contribution is 9.10. The van der Waals surface area contributed by atoms with Crippen LogP contribution >= 0.6 is 15.9 Å². The van der Waals surface area contributed by atoms with Gasteiger partial charge in [0.1, 0.15) is 12.6 Å². The summed E-state index contributed by atoms with van der Waals surface area (Å²) in [5.41, 5.74) is -0.138. The average molecular weight is 355 g/mol. The van der Waals surface area contributed by atoms with Crippen molar-refractivity contribution in [3.05, 3.63) is 39.0 Å². The molecule has 9 heteroatoms. The number of carbonyl (C=O) groups excluding carboxylic acids is 1. The minimum atomic E-state index is -1.39. The van der Waals surface area contributed by atoms with Crippen LogP contribution in [0.5, 0.6) is 5.75 Å². The predicted molar refractivity (Wildman–Crippen MR) is 74.0 cm³/mol. The molecule has 0 radical (unpaired) electrons. The van der Waals surface area contributed by atoms with Crippen molar-refractivity contribution < 1.29 is 24.4 Å². The number of nitrogens with zero attached hydrogens (tertiary/aromatic N) is 2. The van der Waals surface area contributed by atoms with E-state index in [-0.39, 0.29) is 11.1 Å². The number of hydrogen-bond donors (Lipinski definition) is 1. The highest BCUT2D eigenvalue weighted by atomic mass is 79.9. The van der Waals surface area contributed by atoms with E-state index in [1.807, 2.05) is 0 Å². The van der Waals surface area contributed by atoms with E-state index in [2.05, 4.69) is 20.9 Å². The minimum Gasteiger partial charge on any atom is -0.481 e. The number of benzene rings is 1. The molecule has 1 N–H and O–H groups in total. The zero-order valence-corrected chi connectivity index (χ0v) is 11.9. The van der Waals surface area contributed by atoms with Gasteiger partial charge >= 0.3 is 17.6 Å². The minimum absolute atomic E-state index is 0.234. The number of carbonyl (C=O) groups is 2. The lowest BCUT2D eigenvalue weighted by molar-refractivity contribution is -0.385. The molecule has 1 aromatic carbocycles. The third-order valence-corrected chi connectivity index (χ3v) is 2.96. The molecule has 21 heavy (non-hydrogen) atoms. The van der Waals surface area contributed by atoms with E-state index in [0.29, 0.717) is 9.99 Å². The highest BCUT2D eigenvalue weighted by Gasteiger charge is 2.23. The summed E-state index contributed by atoms with van der Waals surface area (Å²) in [7, 11) is 0. The van der Waals surface area contributed by atoms with Gasteiger partial charge in [0.2, 0.25) is 5.75 Å². The molecule has 0 atom stereocenters. The Morgan fingerprint density at radius 1 is 1.43 bits per heavy atom. The Bertz CT molecular complexity index is 761. The number of aliphatic carboxylic acids is 1. The highest BCUT2D eigenvalue weighted by Crippen LogP contribution is 2.35. The van der Waals surface area contributed by atoms with Gasteiger partial charge in [-0.3, -0.25) is 19.7 Å². The van der Waals surface area contributed by atoms with Crippen LogP contribution in [0.1, 0.15) is 6.42 Å². The molecule has 8 nitrogen and oxygen atoms in total.